The second kappa shape index (κ2) is 7.40. The summed E-state index contributed by atoms with van der Waals surface area (Å²) in [6, 6.07) is 14.2. The van der Waals surface area contributed by atoms with Gasteiger partial charge in [0, 0.05) is 18.8 Å². The molecule has 0 bridgehead atoms. The van der Waals surface area contributed by atoms with Gasteiger partial charge in [0.25, 0.3) is 15.9 Å². The van der Waals surface area contributed by atoms with Gasteiger partial charge in [-0.1, -0.05) is 18.2 Å². The van der Waals surface area contributed by atoms with Gasteiger partial charge in [0.2, 0.25) is 0 Å². The van der Waals surface area contributed by atoms with Gasteiger partial charge in [-0.15, -0.1) is 0 Å². The Labute approximate surface area is 170 Å². The lowest BCUT2D eigenvalue weighted by Gasteiger charge is -2.28. The third-order valence-electron chi connectivity index (χ3n) is 5.12. The zero-order valence-electron chi connectivity index (χ0n) is 16.3. The van der Waals surface area contributed by atoms with E-state index in [4.69, 9.17) is 4.42 Å². The number of rotatable bonds is 4. The highest BCUT2D eigenvalue weighted by Gasteiger charge is 2.24. The van der Waals surface area contributed by atoms with Crippen molar-refractivity contribution in [3.05, 3.63) is 82.8 Å². The minimum Gasteiger partial charge on any atom is -0.459 e. The molecule has 1 N–H and O–H groups in total. The summed E-state index contributed by atoms with van der Waals surface area (Å²) in [6.07, 6.45) is 2.19. The zero-order valence-corrected chi connectivity index (χ0v) is 17.1. The van der Waals surface area contributed by atoms with E-state index in [9.17, 15) is 13.2 Å². The summed E-state index contributed by atoms with van der Waals surface area (Å²) in [5.74, 6) is 0.141. The number of hydrogen-bond acceptors (Lipinski definition) is 4. The van der Waals surface area contributed by atoms with Crippen molar-refractivity contribution < 1.29 is 17.6 Å². The molecular weight excluding hydrogens is 388 g/mol. The third kappa shape index (κ3) is 3.91. The van der Waals surface area contributed by atoms with Crippen molar-refractivity contribution in [2.75, 3.05) is 11.3 Å². The Bertz CT molecular complexity index is 1170. The first-order chi connectivity index (χ1) is 13.8. The van der Waals surface area contributed by atoms with Crippen LogP contribution in [-0.4, -0.2) is 25.8 Å². The lowest BCUT2D eigenvalue weighted by Crippen LogP contribution is -2.35. The number of fused-ring (bicyclic) bond motifs is 1. The Morgan fingerprint density at radius 1 is 1.07 bits per heavy atom. The maximum absolute atomic E-state index is 12.9. The van der Waals surface area contributed by atoms with Crippen LogP contribution in [0.4, 0.5) is 5.69 Å². The fourth-order valence-corrected chi connectivity index (χ4v) is 4.94. The summed E-state index contributed by atoms with van der Waals surface area (Å²) in [5.41, 5.74) is 4.10. The summed E-state index contributed by atoms with van der Waals surface area (Å²) < 4.78 is 33.7. The number of sulfonamides is 1. The number of furan rings is 1. The molecule has 0 radical (unpaired) electrons. The van der Waals surface area contributed by atoms with E-state index in [0.29, 0.717) is 36.5 Å². The Hall–Kier alpha value is -3.06. The standard InChI is InChI=1S/C22H22N2O4S/c1-15-5-6-16(2)21(12-15)29(26,27)23-19-8-7-17-9-10-24(14-18(17)13-19)22(25)20-4-3-11-28-20/h3-8,11-13,23H,9-10,14H2,1-2H3. The van der Waals surface area contributed by atoms with Crippen LogP contribution < -0.4 is 4.72 Å². The van der Waals surface area contributed by atoms with Crippen LogP contribution in [0.15, 0.2) is 64.1 Å². The van der Waals surface area contributed by atoms with Gasteiger partial charge in [0.1, 0.15) is 0 Å². The molecule has 1 aliphatic heterocycles. The Balaban J connectivity index is 1.58. The molecule has 3 aromatic rings. The van der Waals surface area contributed by atoms with Crippen molar-refractivity contribution in [3.8, 4) is 0 Å². The van der Waals surface area contributed by atoms with Gasteiger partial charge in [-0.25, -0.2) is 8.42 Å². The average Bonchev–Trinajstić information content (AvgIpc) is 3.23. The smallest absolute Gasteiger partial charge is 0.289 e. The zero-order chi connectivity index (χ0) is 20.6. The summed E-state index contributed by atoms with van der Waals surface area (Å²) in [6.45, 7) is 4.65. The predicted octanol–water partition coefficient (Wildman–Crippen LogP) is 3.90. The summed E-state index contributed by atoms with van der Waals surface area (Å²) >= 11 is 0. The highest BCUT2D eigenvalue weighted by molar-refractivity contribution is 7.92. The van der Waals surface area contributed by atoms with Crippen molar-refractivity contribution in [3.63, 3.8) is 0 Å². The molecule has 150 valence electrons. The van der Waals surface area contributed by atoms with Crippen molar-refractivity contribution in [2.24, 2.45) is 0 Å². The van der Waals surface area contributed by atoms with Gasteiger partial charge in [-0.3, -0.25) is 9.52 Å². The number of carbonyl (C=O) groups excluding carboxylic acids is 1. The maximum atomic E-state index is 12.9. The Morgan fingerprint density at radius 3 is 2.66 bits per heavy atom. The molecule has 0 atom stereocenters. The molecule has 0 aliphatic carbocycles. The molecule has 6 nitrogen and oxygen atoms in total. The molecule has 2 heterocycles. The molecule has 7 heteroatoms. The molecule has 1 aromatic heterocycles. The van der Waals surface area contributed by atoms with E-state index in [-0.39, 0.29) is 10.8 Å². The quantitative estimate of drug-likeness (QED) is 0.708. The van der Waals surface area contributed by atoms with E-state index in [1.54, 1.807) is 48.2 Å². The molecule has 0 fully saturated rings. The first kappa shape index (κ1) is 19.3. The van der Waals surface area contributed by atoms with Crippen LogP contribution in [0.25, 0.3) is 0 Å². The number of aryl methyl sites for hydroxylation is 2. The minimum absolute atomic E-state index is 0.165. The van der Waals surface area contributed by atoms with Crippen LogP contribution in [0, 0.1) is 13.8 Å². The topological polar surface area (TPSA) is 79.6 Å². The number of nitrogens with zero attached hydrogens (tertiary/aromatic N) is 1. The Morgan fingerprint density at radius 2 is 1.90 bits per heavy atom. The van der Waals surface area contributed by atoms with Crippen LogP contribution in [0.5, 0.6) is 0 Å². The first-order valence-corrected chi connectivity index (χ1v) is 10.9. The van der Waals surface area contributed by atoms with E-state index in [1.165, 1.54) is 6.26 Å². The van der Waals surface area contributed by atoms with E-state index in [2.05, 4.69) is 4.72 Å². The van der Waals surface area contributed by atoms with Crippen LogP contribution in [0.2, 0.25) is 0 Å². The molecule has 29 heavy (non-hydrogen) atoms. The predicted molar refractivity (Wildman–Crippen MR) is 110 cm³/mol. The number of amides is 1. The van der Waals surface area contributed by atoms with Crippen molar-refractivity contribution in [1.29, 1.82) is 0 Å². The second-order valence-corrected chi connectivity index (χ2v) is 8.96. The number of hydrogen-bond donors (Lipinski definition) is 1. The minimum atomic E-state index is -3.70. The summed E-state index contributed by atoms with van der Waals surface area (Å²) in [7, 11) is -3.70. The van der Waals surface area contributed by atoms with Gasteiger partial charge >= 0.3 is 0 Å². The van der Waals surface area contributed by atoms with Gasteiger partial charge in [-0.2, -0.15) is 0 Å². The molecule has 2 aromatic carbocycles. The van der Waals surface area contributed by atoms with Gasteiger partial charge in [0.15, 0.2) is 5.76 Å². The monoisotopic (exact) mass is 410 g/mol. The first-order valence-electron chi connectivity index (χ1n) is 9.38. The molecular formula is C22H22N2O4S. The van der Waals surface area contributed by atoms with E-state index in [0.717, 1.165) is 16.7 Å². The van der Waals surface area contributed by atoms with E-state index >= 15 is 0 Å². The third-order valence-corrected chi connectivity index (χ3v) is 6.65. The fraction of sp³-hybridized carbons (Fsp3) is 0.227. The molecule has 0 saturated carbocycles. The molecule has 1 aliphatic rings. The Kier molecular flexibility index (Phi) is 4.92. The summed E-state index contributed by atoms with van der Waals surface area (Å²) in [5, 5.41) is 0. The number of nitrogens with one attached hydrogen (secondary N) is 1. The highest BCUT2D eigenvalue weighted by Crippen LogP contribution is 2.26. The second-order valence-electron chi connectivity index (χ2n) is 7.31. The van der Waals surface area contributed by atoms with Crippen LogP contribution in [0.3, 0.4) is 0 Å². The average molecular weight is 410 g/mol. The van der Waals surface area contributed by atoms with Gasteiger partial charge in [-0.05, 0) is 72.9 Å². The molecule has 1 amide bonds. The lowest BCUT2D eigenvalue weighted by molar-refractivity contribution is 0.0702. The highest BCUT2D eigenvalue weighted by atomic mass is 32.2. The van der Waals surface area contributed by atoms with Gasteiger partial charge in [0.05, 0.1) is 11.2 Å². The van der Waals surface area contributed by atoms with Crippen molar-refractivity contribution in [2.45, 2.75) is 31.7 Å². The largest absolute Gasteiger partial charge is 0.459 e. The SMILES string of the molecule is Cc1ccc(C)c(S(=O)(=O)Nc2ccc3c(c2)CN(C(=O)c2ccco2)CC3)c1. The van der Waals surface area contributed by atoms with Crippen LogP contribution >= 0.6 is 0 Å². The molecule has 0 unspecified atom stereocenters. The normalized spacial score (nSPS) is 13.8. The fourth-order valence-electron chi connectivity index (χ4n) is 3.56. The lowest BCUT2D eigenvalue weighted by atomic mass is 9.99. The van der Waals surface area contributed by atoms with Crippen molar-refractivity contribution >= 4 is 21.6 Å². The number of anilines is 1. The van der Waals surface area contributed by atoms with Crippen LogP contribution in [-0.2, 0) is 23.0 Å². The molecule has 0 saturated heterocycles. The van der Waals surface area contributed by atoms with Crippen LogP contribution in [0.1, 0.15) is 32.8 Å². The number of carbonyl (C=O) groups is 1. The molecule has 4 rings (SSSR count). The number of benzene rings is 2. The van der Waals surface area contributed by atoms with Gasteiger partial charge < -0.3 is 9.32 Å². The van der Waals surface area contributed by atoms with Crippen molar-refractivity contribution in [1.82, 2.24) is 4.90 Å². The summed E-state index contributed by atoms with van der Waals surface area (Å²) in [4.78, 5) is 14.5. The van der Waals surface area contributed by atoms with E-state index in [1.807, 2.05) is 19.1 Å². The maximum Gasteiger partial charge on any atom is 0.289 e. The molecule has 0 spiro atoms. The van der Waals surface area contributed by atoms with E-state index < -0.39 is 10.0 Å².